The van der Waals surface area contributed by atoms with Gasteiger partial charge in [0.15, 0.2) is 0 Å². The number of ether oxygens (including phenoxy) is 1. The first-order chi connectivity index (χ1) is 7.26. The number of rotatable bonds is 3. The van der Waals surface area contributed by atoms with E-state index >= 15 is 0 Å². The topological polar surface area (TPSA) is 60.2 Å². The highest BCUT2D eigenvalue weighted by molar-refractivity contribution is 4.94. The van der Waals surface area contributed by atoms with Gasteiger partial charge in [0.2, 0.25) is 0 Å². The maximum atomic E-state index is 9.52. The molecule has 1 aliphatic heterocycles. The average Bonchev–Trinajstić information content (AvgIpc) is 2.66. The summed E-state index contributed by atoms with van der Waals surface area (Å²) in [7, 11) is 1.88. The van der Waals surface area contributed by atoms with Crippen LogP contribution in [0.1, 0.15) is 18.7 Å². The molecule has 0 radical (unpaired) electrons. The van der Waals surface area contributed by atoms with Crippen molar-refractivity contribution in [3.05, 3.63) is 12.2 Å². The molecule has 1 aliphatic rings. The smallest absolute Gasteiger partial charge is 0.138 e. The lowest BCUT2D eigenvalue weighted by Gasteiger charge is -2.34. The SMILES string of the molecule is Cn1ncnc1CC1(CO)CCOCC1. The van der Waals surface area contributed by atoms with Gasteiger partial charge in [-0.1, -0.05) is 0 Å². The second-order valence-electron chi connectivity index (χ2n) is 4.25. The highest BCUT2D eigenvalue weighted by Crippen LogP contribution is 2.32. The van der Waals surface area contributed by atoms with Crippen molar-refractivity contribution in [2.45, 2.75) is 19.3 Å². The second kappa shape index (κ2) is 4.28. The largest absolute Gasteiger partial charge is 0.396 e. The van der Waals surface area contributed by atoms with E-state index in [2.05, 4.69) is 10.1 Å². The number of aliphatic hydroxyl groups is 1. The van der Waals surface area contributed by atoms with E-state index < -0.39 is 0 Å². The van der Waals surface area contributed by atoms with Gasteiger partial charge in [-0.15, -0.1) is 0 Å². The van der Waals surface area contributed by atoms with Gasteiger partial charge in [0.25, 0.3) is 0 Å². The minimum Gasteiger partial charge on any atom is -0.396 e. The van der Waals surface area contributed by atoms with Crippen LogP contribution in [0.3, 0.4) is 0 Å². The zero-order valence-corrected chi connectivity index (χ0v) is 9.02. The summed E-state index contributed by atoms with van der Waals surface area (Å²) in [5.41, 5.74) is -0.0565. The molecule has 0 aliphatic carbocycles. The third-order valence-corrected chi connectivity index (χ3v) is 3.23. The molecule has 0 atom stereocenters. The quantitative estimate of drug-likeness (QED) is 0.773. The molecule has 0 unspecified atom stereocenters. The van der Waals surface area contributed by atoms with Crippen LogP contribution in [0, 0.1) is 5.41 Å². The van der Waals surface area contributed by atoms with Crippen molar-refractivity contribution in [3.8, 4) is 0 Å². The first-order valence-electron chi connectivity index (χ1n) is 5.27. The molecule has 0 amide bonds. The monoisotopic (exact) mass is 211 g/mol. The van der Waals surface area contributed by atoms with Crippen LogP contribution in [0.25, 0.3) is 0 Å². The molecule has 2 rings (SSSR count). The van der Waals surface area contributed by atoms with Crippen LogP contribution in [0.5, 0.6) is 0 Å². The van der Waals surface area contributed by atoms with Crippen LogP contribution in [-0.2, 0) is 18.2 Å². The Morgan fingerprint density at radius 1 is 1.53 bits per heavy atom. The van der Waals surface area contributed by atoms with E-state index in [1.807, 2.05) is 7.05 Å². The lowest BCUT2D eigenvalue weighted by molar-refractivity contribution is -0.0171. The minimum atomic E-state index is -0.0565. The number of aromatic nitrogens is 3. The molecule has 0 saturated carbocycles. The number of hydrogen-bond acceptors (Lipinski definition) is 4. The van der Waals surface area contributed by atoms with Crippen LogP contribution in [0.2, 0.25) is 0 Å². The summed E-state index contributed by atoms with van der Waals surface area (Å²) < 4.78 is 7.09. The van der Waals surface area contributed by atoms with Crippen molar-refractivity contribution < 1.29 is 9.84 Å². The molecule has 0 bridgehead atoms. The van der Waals surface area contributed by atoms with Crippen LogP contribution >= 0.6 is 0 Å². The molecule has 15 heavy (non-hydrogen) atoms. The van der Waals surface area contributed by atoms with Crippen molar-refractivity contribution in [2.24, 2.45) is 12.5 Å². The molecule has 1 fully saturated rings. The molecule has 1 N–H and O–H groups in total. The molecule has 5 heteroatoms. The molecular formula is C10H17N3O2. The number of hydrogen-bond donors (Lipinski definition) is 1. The van der Waals surface area contributed by atoms with E-state index in [1.165, 1.54) is 0 Å². The lowest BCUT2D eigenvalue weighted by Crippen LogP contribution is -2.35. The molecule has 84 valence electrons. The Morgan fingerprint density at radius 2 is 2.27 bits per heavy atom. The van der Waals surface area contributed by atoms with Crippen molar-refractivity contribution in [2.75, 3.05) is 19.8 Å². The van der Waals surface area contributed by atoms with Gasteiger partial charge in [-0.2, -0.15) is 5.10 Å². The minimum absolute atomic E-state index is 0.0565. The third kappa shape index (κ3) is 2.18. The summed E-state index contributed by atoms with van der Waals surface area (Å²) in [5.74, 6) is 0.936. The predicted molar refractivity (Wildman–Crippen MR) is 54.3 cm³/mol. The van der Waals surface area contributed by atoms with Crippen molar-refractivity contribution in [1.29, 1.82) is 0 Å². The van der Waals surface area contributed by atoms with Gasteiger partial charge in [-0.05, 0) is 12.8 Å². The van der Waals surface area contributed by atoms with E-state index in [0.29, 0.717) is 0 Å². The van der Waals surface area contributed by atoms with Gasteiger partial charge in [-0.25, -0.2) is 4.98 Å². The number of aryl methyl sites for hydroxylation is 1. The molecule has 1 aromatic heterocycles. The van der Waals surface area contributed by atoms with Crippen molar-refractivity contribution in [1.82, 2.24) is 14.8 Å². The number of nitrogens with zero attached hydrogens (tertiary/aromatic N) is 3. The van der Waals surface area contributed by atoms with Crippen molar-refractivity contribution >= 4 is 0 Å². The van der Waals surface area contributed by atoms with Crippen LogP contribution in [0.4, 0.5) is 0 Å². The fourth-order valence-corrected chi connectivity index (χ4v) is 2.01. The Kier molecular flexibility index (Phi) is 3.02. The maximum Gasteiger partial charge on any atom is 0.138 e. The zero-order chi connectivity index (χ0) is 10.7. The van der Waals surface area contributed by atoms with E-state index in [9.17, 15) is 5.11 Å². The lowest BCUT2D eigenvalue weighted by atomic mass is 9.78. The van der Waals surface area contributed by atoms with Crippen molar-refractivity contribution in [3.63, 3.8) is 0 Å². The molecule has 0 aromatic carbocycles. The van der Waals surface area contributed by atoms with Gasteiger partial charge in [0.05, 0.1) is 0 Å². The summed E-state index contributed by atoms with van der Waals surface area (Å²) in [4.78, 5) is 4.20. The highest BCUT2D eigenvalue weighted by atomic mass is 16.5. The van der Waals surface area contributed by atoms with E-state index in [-0.39, 0.29) is 12.0 Å². The second-order valence-corrected chi connectivity index (χ2v) is 4.25. The van der Waals surface area contributed by atoms with Crippen LogP contribution in [-0.4, -0.2) is 39.7 Å². The zero-order valence-electron chi connectivity index (χ0n) is 9.02. The summed E-state index contributed by atoms with van der Waals surface area (Å²) in [5, 5.41) is 13.6. The van der Waals surface area contributed by atoms with E-state index in [4.69, 9.17) is 4.74 Å². The van der Waals surface area contributed by atoms with Crippen LogP contribution < -0.4 is 0 Å². The number of aliphatic hydroxyl groups excluding tert-OH is 1. The van der Waals surface area contributed by atoms with Gasteiger partial charge in [0.1, 0.15) is 12.2 Å². The van der Waals surface area contributed by atoms with Gasteiger partial charge >= 0.3 is 0 Å². The fraction of sp³-hybridized carbons (Fsp3) is 0.800. The van der Waals surface area contributed by atoms with Gasteiger partial charge in [0, 0.05) is 38.7 Å². The summed E-state index contributed by atoms with van der Waals surface area (Å²) in [6.07, 6.45) is 4.13. The molecule has 5 nitrogen and oxygen atoms in total. The Morgan fingerprint density at radius 3 is 2.80 bits per heavy atom. The Hall–Kier alpha value is -0.940. The Balaban J connectivity index is 2.10. The standard InChI is InChI=1S/C10H17N3O2/c1-13-9(11-8-12-13)6-10(7-14)2-4-15-5-3-10/h8,14H,2-7H2,1H3. The first kappa shape index (κ1) is 10.6. The summed E-state index contributed by atoms with van der Waals surface area (Å²) >= 11 is 0. The summed E-state index contributed by atoms with van der Waals surface area (Å²) in [6, 6.07) is 0. The molecular weight excluding hydrogens is 194 g/mol. The highest BCUT2D eigenvalue weighted by Gasteiger charge is 2.33. The normalized spacial score (nSPS) is 20.4. The van der Waals surface area contributed by atoms with Gasteiger partial charge in [-0.3, -0.25) is 4.68 Å². The fourth-order valence-electron chi connectivity index (χ4n) is 2.01. The Bertz CT molecular complexity index is 318. The maximum absolute atomic E-state index is 9.52. The molecule has 0 spiro atoms. The molecule has 2 heterocycles. The predicted octanol–water partition coefficient (Wildman–Crippen LogP) is 0.147. The van der Waals surface area contributed by atoms with E-state index in [1.54, 1.807) is 11.0 Å². The molecule has 1 saturated heterocycles. The third-order valence-electron chi connectivity index (χ3n) is 3.23. The Labute approximate surface area is 89.1 Å². The average molecular weight is 211 g/mol. The first-order valence-corrected chi connectivity index (χ1v) is 5.27. The molecule has 1 aromatic rings. The summed E-state index contributed by atoms with van der Waals surface area (Å²) in [6.45, 7) is 1.67. The van der Waals surface area contributed by atoms with E-state index in [0.717, 1.165) is 38.3 Å². The van der Waals surface area contributed by atoms with Gasteiger partial charge < -0.3 is 9.84 Å². The van der Waals surface area contributed by atoms with Crippen LogP contribution in [0.15, 0.2) is 6.33 Å².